The van der Waals surface area contributed by atoms with Crippen LogP contribution in [0.3, 0.4) is 0 Å². The average Bonchev–Trinajstić information content (AvgIpc) is 2.28. The monoisotopic (exact) mass is 249 g/mol. The van der Waals surface area contributed by atoms with Gasteiger partial charge >= 0.3 is 0 Å². The largest absolute Gasteiger partial charge is 0.323 e. The molecule has 1 aromatic rings. The predicted molar refractivity (Wildman–Crippen MR) is 67.2 cm³/mol. The molecule has 0 saturated heterocycles. The number of anilines is 1. The summed E-state index contributed by atoms with van der Waals surface area (Å²) in [6.07, 6.45) is 0.531. The minimum Gasteiger partial charge on any atom is -0.323 e. The van der Waals surface area contributed by atoms with E-state index in [0.717, 1.165) is 0 Å². The lowest BCUT2D eigenvalue weighted by atomic mass is 10.0. The number of hydrogen-bond acceptors (Lipinski definition) is 3. The van der Waals surface area contributed by atoms with Gasteiger partial charge in [0.1, 0.15) is 17.4 Å². The Labute approximate surface area is 106 Å². The first-order valence-electron chi connectivity index (χ1n) is 5.70. The van der Waals surface area contributed by atoms with Crippen LogP contribution in [0.25, 0.3) is 0 Å². The highest BCUT2D eigenvalue weighted by molar-refractivity contribution is 5.95. The Kier molecular flexibility index (Phi) is 4.81. The van der Waals surface area contributed by atoms with Gasteiger partial charge in [-0.2, -0.15) is 5.26 Å². The van der Waals surface area contributed by atoms with Crippen LogP contribution >= 0.6 is 0 Å². The van der Waals surface area contributed by atoms with E-state index in [2.05, 4.69) is 5.32 Å². The van der Waals surface area contributed by atoms with Gasteiger partial charge in [-0.3, -0.25) is 4.79 Å². The van der Waals surface area contributed by atoms with Gasteiger partial charge in [-0.15, -0.1) is 0 Å². The zero-order valence-electron chi connectivity index (χ0n) is 10.4. The van der Waals surface area contributed by atoms with Crippen LogP contribution in [0.1, 0.15) is 25.8 Å². The topological polar surface area (TPSA) is 78.9 Å². The average molecular weight is 249 g/mol. The van der Waals surface area contributed by atoms with Gasteiger partial charge in [0.25, 0.3) is 0 Å². The molecule has 3 N–H and O–H groups in total. The Morgan fingerprint density at radius 2 is 2.22 bits per heavy atom. The number of nitrogens with two attached hydrogens (primary N) is 1. The molecule has 0 bridgehead atoms. The maximum absolute atomic E-state index is 13.3. The smallest absolute Gasteiger partial charge is 0.241 e. The molecule has 0 radical (unpaired) electrons. The second kappa shape index (κ2) is 6.12. The predicted octanol–water partition coefficient (Wildman–Crippen LogP) is 2.01. The molecular weight excluding hydrogens is 233 g/mol. The van der Waals surface area contributed by atoms with Gasteiger partial charge in [-0.25, -0.2) is 4.39 Å². The van der Waals surface area contributed by atoms with E-state index in [4.69, 9.17) is 11.0 Å². The van der Waals surface area contributed by atoms with E-state index in [-0.39, 0.29) is 17.2 Å². The second-order valence-electron chi connectivity index (χ2n) is 4.50. The molecule has 1 atom stereocenters. The number of carbonyl (C=O) groups excluding carboxylic acids is 1. The highest BCUT2D eigenvalue weighted by Gasteiger charge is 2.17. The van der Waals surface area contributed by atoms with Crippen molar-refractivity contribution in [3.05, 3.63) is 29.6 Å². The van der Waals surface area contributed by atoms with Gasteiger partial charge in [0.2, 0.25) is 5.91 Å². The fourth-order valence-electron chi connectivity index (χ4n) is 1.58. The van der Waals surface area contributed by atoms with E-state index in [1.54, 1.807) is 6.07 Å². The van der Waals surface area contributed by atoms with Gasteiger partial charge in [0.05, 0.1) is 11.7 Å². The van der Waals surface area contributed by atoms with Crippen LogP contribution in [-0.4, -0.2) is 11.9 Å². The Bertz CT molecular complexity index is 480. The number of benzene rings is 1. The third-order valence-corrected chi connectivity index (χ3v) is 2.45. The fourth-order valence-corrected chi connectivity index (χ4v) is 1.58. The molecule has 0 heterocycles. The van der Waals surface area contributed by atoms with Crippen LogP contribution in [0.5, 0.6) is 0 Å². The van der Waals surface area contributed by atoms with Crippen molar-refractivity contribution < 1.29 is 9.18 Å². The number of hydrogen-bond donors (Lipinski definition) is 2. The van der Waals surface area contributed by atoms with E-state index >= 15 is 0 Å². The Balaban J connectivity index is 2.83. The lowest BCUT2D eigenvalue weighted by Crippen LogP contribution is -2.36. The van der Waals surface area contributed by atoms with Crippen LogP contribution in [0.2, 0.25) is 0 Å². The minimum atomic E-state index is -0.667. The van der Waals surface area contributed by atoms with E-state index < -0.39 is 17.8 Å². The summed E-state index contributed by atoms with van der Waals surface area (Å²) in [4.78, 5) is 11.8. The van der Waals surface area contributed by atoms with Crippen LogP contribution < -0.4 is 11.1 Å². The summed E-state index contributed by atoms with van der Waals surface area (Å²) in [5.41, 5.74) is 5.68. The molecule has 0 aliphatic rings. The zero-order chi connectivity index (χ0) is 13.7. The summed E-state index contributed by atoms with van der Waals surface area (Å²) in [6, 6.07) is 5.12. The molecule has 0 aromatic heterocycles. The molecule has 0 unspecified atom stereocenters. The molecule has 96 valence electrons. The first kappa shape index (κ1) is 14.1. The van der Waals surface area contributed by atoms with Gasteiger partial charge < -0.3 is 11.1 Å². The number of carbonyl (C=O) groups is 1. The fraction of sp³-hybridized carbons (Fsp3) is 0.385. The summed E-state index contributed by atoms with van der Waals surface area (Å²) in [5, 5.41) is 11.3. The third-order valence-electron chi connectivity index (χ3n) is 2.45. The zero-order valence-corrected chi connectivity index (χ0v) is 10.4. The Morgan fingerprint density at radius 3 is 2.78 bits per heavy atom. The lowest BCUT2D eigenvalue weighted by Gasteiger charge is -2.14. The van der Waals surface area contributed by atoms with Crippen molar-refractivity contribution in [3.8, 4) is 6.07 Å². The lowest BCUT2D eigenvalue weighted by molar-refractivity contribution is -0.117. The van der Waals surface area contributed by atoms with Crippen LogP contribution in [-0.2, 0) is 4.79 Å². The summed E-state index contributed by atoms with van der Waals surface area (Å²) in [7, 11) is 0. The second-order valence-corrected chi connectivity index (χ2v) is 4.50. The molecule has 18 heavy (non-hydrogen) atoms. The molecule has 1 rings (SSSR count). The summed E-state index contributed by atoms with van der Waals surface area (Å²) in [5.74, 6) is -0.785. The first-order chi connectivity index (χ1) is 8.45. The standard InChI is InChI=1S/C13H16FN3O/c1-8(2)6-11(16)13(18)17-12-5-3-4-10(14)9(12)7-15/h3-5,8,11H,6,16H2,1-2H3,(H,17,18)/t11-/m1/s1. The van der Waals surface area contributed by atoms with Crippen molar-refractivity contribution in [3.63, 3.8) is 0 Å². The highest BCUT2D eigenvalue weighted by atomic mass is 19.1. The SMILES string of the molecule is CC(C)C[C@@H](N)C(=O)Nc1cccc(F)c1C#N. The molecule has 0 aliphatic carbocycles. The van der Waals surface area contributed by atoms with Gasteiger partial charge in [0, 0.05) is 0 Å². The number of nitrogens with one attached hydrogen (secondary N) is 1. The first-order valence-corrected chi connectivity index (χ1v) is 5.70. The van der Waals surface area contributed by atoms with E-state index in [0.29, 0.717) is 6.42 Å². The maximum Gasteiger partial charge on any atom is 0.241 e. The van der Waals surface area contributed by atoms with Gasteiger partial charge in [-0.05, 0) is 24.5 Å². The third kappa shape index (κ3) is 3.54. The molecule has 0 spiro atoms. The van der Waals surface area contributed by atoms with E-state index in [1.807, 2.05) is 13.8 Å². The molecule has 1 aromatic carbocycles. The highest BCUT2D eigenvalue weighted by Crippen LogP contribution is 2.18. The van der Waals surface area contributed by atoms with Crippen LogP contribution in [0, 0.1) is 23.1 Å². The van der Waals surface area contributed by atoms with Crippen LogP contribution in [0.4, 0.5) is 10.1 Å². The molecule has 5 heteroatoms. The molecule has 1 amide bonds. The molecule has 0 fully saturated rings. The number of nitrogens with zero attached hydrogens (tertiary/aromatic N) is 1. The van der Waals surface area contributed by atoms with Crippen molar-refractivity contribution >= 4 is 11.6 Å². The number of nitriles is 1. The quantitative estimate of drug-likeness (QED) is 0.856. The van der Waals surface area contributed by atoms with E-state index in [1.165, 1.54) is 18.2 Å². The normalized spacial score (nSPS) is 12.0. The van der Waals surface area contributed by atoms with Gasteiger partial charge in [0.15, 0.2) is 0 Å². The van der Waals surface area contributed by atoms with Crippen molar-refractivity contribution in [2.24, 2.45) is 11.7 Å². The number of amides is 1. The summed E-state index contributed by atoms with van der Waals surface area (Å²) < 4.78 is 13.3. The maximum atomic E-state index is 13.3. The summed E-state index contributed by atoms with van der Waals surface area (Å²) in [6.45, 7) is 3.91. The van der Waals surface area contributed by atoms with E-state index in [9.17, 15) is 9.18 Å². The number of rotatable bonds is 4. The molecular formula is C13H16FN3O. The summed E-state index contributed by atoms with van der Waals surface area (Å²) >= 11 is 0. The minimum absolute atomic E-state index is 0.154. The Hall–Kier alpha value is -1.93. The number of halogens is 1. The van der Waals surface area contributed by atoms with Crippen molar-refractivity contribution in [2.75, 3.05) is 5.32 Å². The molecule has 0 saturated carbocycles. The van der Waals surface area contributed by atoms with Gasteiger partial charge in [-0.1, -0.05) is 19.9 Å². The van der Waals surface area contributed by atoms with Crippen molar-refractivity contribution in [1.29, 1.82) is 5.26 Å². The van der Waals surface area contributed by atoms with Crippen molar-refractivity contribution in [1.82, 2.24) is 0 Å². The van der Waals surface area contributed by atoms with Crippen molar-refractivity contribution in [2.45, 2.75) is 26.3 Å². The Morgan fingerprint density at radius 1 is 1.56 bits per heavy atom. The molecule has 0 aliphatic heterocycles. The van der Waals surface area contributed by atoms with Crippen LogP contribution in [0.15, 0.2) is 18.2 Å². The molecule has 4 nitrogen and oxygen atoms in total.